The van der Waals surface area contributed by atoms with Crippen LogP contribution in [0.25, 0.3) is 0 Å². The quantitative estimate of drug-likeness (QED) is 0.850. The van der Waals surface area contributed by atoms with Crippen molar-refractivity contribution in [3.8, 4) is 6.07 Å². The molecule has 3 nitrogen and oxygen atoms in total. The highest BCUT2D eigenvalue weighted by Gasteiger charge is 2.31. The number of carbonyl (C=O) groups is 1. The Bertz CT molecular complexity index is 630. The minimum absolute atomic E-state index is 0.171. The third-order valence-electron chi connectivity index (χ3n) is 3.45. The van der Waals surface area contributed by atoms with Crippen LogP contribution >= 0.6 is 0 Å². The monoisotopic (exact) mass is 277 g/mol. The Morgan fingerprint density at radius 2 is 1.52 bits per heavy atom. The zero-order chi connectivity index (χ0) is 15.1. The zero-order valence-corrected chi connectivity index (χ0v) is 11.4. The number of rotatable bonds is 5. The van der Waals surface area contributed by atoms with E-state index in [2.05, 4.69) is 6.07 Å². The van der Waals surface area contributed by atoms with Crippen LogP contribution in [0.2, 0.25) is 0 Å². The van der Waals surface area contributed by atoms with E-state index in [1.165, 1.54) is 0 Å². The van der Waals surface area contributed by atoms with Crippen molar-refractivity contribution >= 4 is 5.97 Å². The number of allylic oxidation sites excluding steroid dienone is 1. The van der Waals surface area contributed by atoms with Crippen molar-refractivity contribution in [3.05, 3.63) is 83.9 Å². The topological polar surface area (TPSA) is 61.1 Å². The maximum atomic E-state index is 10.9. The highest BCUT2D eigenvalue weighted by molar-refractivity contribution is 5.80. The van der Waals surface area contributed by atoms with Crippen LogP contribution in [0.15, 0.2) is 72.8 Å². The summed E-state index contributed by atoms with van der Waals surface area (Å²) in [4.78, 5) is 10.9. The smallest absolute Gasteiger partial charge is 0.328 e. The first-order valence-corrected chi connectivity index (χ1v) is 6.59. The molecular weight excluding hydrogens is 262 g/mol. The SMILES string of the molecule is N#CCC(C=CC(=O)O)(c1ccccc1)c1ccccc1. The van der Waals surface area contributed by atoms with Crippen molar-refractivity contribution in [2.75, 3.05) is 0 Å². The van der Waals surface area contributed by atoms with E-state index in [1.807, 2.05) is 60.7 Å². The van der Waals surface area contributed by atoms with Crippen LogP contribution in [0.3, 0.4) is 0 Å². The van der Waals surface area contributed by atoms with Crippen LogP contribution in [0.1, 0.15) is 17.5 Å². The fourth-order valence-electron chi connectivity index (χ4n) is 2.43. The molecular formula is C18H15NO2. The molecule has 0 amide bonds. The summed E-state index contributed by atoms with van der Waals surface area (Å²) in [6, 6.07) is 21.2. The van der Waals surface area contributed by atoms with Gasteiger partial charge in [0.2, 0.25) is 0 Å². The second-order valence-electron chi connectivity index (χ2n) is 4.71. The lowest BCUT2D eigenvalue weighted by molar-refractivity contribution is -0.131. The Kier molecular flexibility index (Phi) is 4.53. The fourth-order valence-corrected chi connectivity index (χ4v) is 2.43. The molecule has 0 radical (unpaired) electrons. The Morgan fingerprint density at radius 3 is 1.90 bits per heavy atom. The van der Waals surface area contributed by atoms with Crippen LogP contribution in [-0.2, 0) is 10.2 Å². The predicted octanol–water partition coefficient (Wildman–Crippen LogP) is 3.53. The Hall–Kier alpha value is -2.86. The van der Waals surface area contributed by atoms with Gasteiger partial charge in [-0.3, -0.25) is 0 Å². The van der Waals surface area contributed by atoms with Gasteiger partial charge in [0, 0.05) is 6.08 Å². The van der Waals surface area contributed by atoms with Crippen molar-refractivity contribution in [1.82, 2.24) is 0 Å². The van der Waals surface area contributed by atoms with Crippen LogP contribution in [0.4, 0.5) is 0 Å². The van der Waals surface area contributed by atoms with Crippen molar-refractivity contribution < 1.29 is 9.90 Å². The van der Waals surface area contributed by atoms with E-state index >= 15 is 0 Å². The molecule has 2 rings (SSSR count). The summed E-state index contributed by atoms with van der Waals surface area (Å²) in [5.41, 5.74) is 1.04. The molecule has 0 saturated heterocycles. The molecule has 0 fully saturated rings. The van der Waals surface area contributed by atoms with E-state index in [1.54, 1.807) is 6.08 Å². The summed E-state index contributed by atoms with van der Waals surface area (Å²) in [7, 11) is 0. The van der Waals surface area contributed by atoms with E-state index in [0.717, 1.165) is 17.2 Å². The second-order valence-corrected chi connectivity index (χ2v) is 4.71. The highest BCUT2D eigenvalue weighted by atomic mass is 16.4. The molecule has 0 aliphatic rings. The molecule has 104 valence electrons. The standard InChI is InChI=1S/C18H15NO2/c19-14-13-18(12-11-17(20)21,15-7-3-1-4-8-15)16-9-5-2-6-10-16/h1-12H,13H2,(H,20,21). The molecule has 0 atom stereocenters. The summed E-state index contributed by atoms with van der Waals surface area (Å²) in [5, 5.41) is 18.2. The molecule has 0 heterocycles. The molecule has 2 aromatic carbocycles. The first-order valence-electron chi connectivity index (χ1n) is 6.59. The molecule has 3 heteroatoms. The first kappa shape index (κ1) is 14.5. The van der Waals surface area contributed by atoms with Crippen molar-refractivity contribution in [3.63, 3.8) is 0 Å². The number of nitrogens with zero attached hydrogens (tertiary/aromatic N) is 1. The van der Waals surface area contributed by atoms with Crippen molar-refractivity contribution in [2.45, 2.75) is 11.8 Å². The van der Waals surface area contributed by atoms with E-state index in [4.69, 9.17) is 5.11 Å². The van der Waals surface area contributed by atoms with Gasteiger partial charge in [0.1, 0.15) is 0 Å². The zero-order valence-electron chi connectivity index (χ0n) is 11.4. The third kappa shape index (κ3) is 3.18. The lowest BCUT2D eigenvalue weighted by Gasteiger charge is -2.29. The number of carboxylic acids is 1. The van der Waals surface area contributed by atoms with Gasteiger partial charge in [-0.2, -0.15) is 5.26 Å². The Labute approximate surface area is 123 Å². The van der Waals surface area contributed by atoms with Gasteiger partial charge in [-0.15, -0.1) is 0 Å². The number of nitriles is 1. The van der Waals surface area contributed by atoms with Gasteiger partial charge in [-0.05, 0) is 11.1 Å². The second kappa shape index (κ2) is 6.53. The molecule has 1 N–H and O–H groups in total. The predicted molar refractivity (Wildman–Crippen MR) is 80.7 cm³/mol. The summed E-state index contributed by atoms with van der Waals surface area (Å²) in [6.07, 6.45) is 2.88. The summed E-state index contributed by atoms with van der Waals surface area (Å²) >= 11 is 0. The van der Waals surface area contributed by atoms with E-state index in [-0.39, 0.29) is 6.42 Å². The third-order valence-corrected chi connectivity index (χ3v) is 3.45. The van der Waals surface area contributed by atoms with Crippen molar-refractivity contribution in [2.24, 2.45) is 0 Å². The Balaban J connectivity index is 2.66. The molecule has 0 aromatic heterocycles. The largest absolute Gasteiger partial charge is 0.478 e. The lowest BCUT2D eigenvalue weighted by atomic mass is 9.72. The van der Waals surface area contributed by atoms with Gasteiger partial charge in [-0.25, -0.2) is 4.79 Å². The number of hydrogen-bond donors (Lipinski definition) is 1. The molecule has 0 saturated carbocycles. The van der Waals surface area contributed by atoms with Crippen molar-refractivity contribution in [1.29, 1.82) is 5.26 Å². The lowest BCUT2D eigenvalue weighted by Crippen LogP contribution is -2.25. The first-order chi connectivity index (χ1) is 10.2. The normalized spacial score (nSPS) is 11.2. The molecule has 21 heavy (non-hydrogen) atoms. The van der Waals surface area contributed by atoms with E-state index < -0.39 is 11.4 Å². The number of benzene rings is 2. The summed E-state index contributed by atoms with van der Waals surface area (Å²) < 4.78 is 0. The van der Waals surface area contributed by atoms with Gasteiger partial charge in [-0.1, -0.05) is 66.7 Å². The summed E-state index contributed by atoms with van der Waals surface area (Å²) in [5.74, 6) is -1.02. The van der Waals surface area contributed by atoms with Gasteiger partial charge in [0.05, 0.1) is 17.9 Å². The average Bonchev–Trinajstić information content (AvgIpc) is 2.53. The molecule has 2 aromatic rings. The van der Waals surface area contributed by atoms with Gasteiger partial charge >= 0.3 is 5.97 Å². The maximum Gasteiger partial charge on any atom is 0.328 e. The fraction of sp³-hybridized carbons (Fsp3) is 0.111. The molecule has 0 aliphatic heterocycles. The van der Waals surface area contributed by atoms with Gasteiger partial charge < -0.3 is 5.11 Å². The molecule has 0 spiro atoms. The number of hydrogen-bond acceptors (Lipinski definition) is 2. The van der Waals surface area contributed by atoms with E-state index in [9.17, 15) is 10.1 Å². The molecule has 0 aliphatic carbocycles. The van der Waals surface area contributed by atoms with Crippen LogP contribution in [-0.4, -0.2) is 11.1 Å². The van der Waals surface area contributed by atoms with Crippen LogP contribution < -0.4 is 0 Å². The number of carboxylic acid groups (broad SMARTS) is 1. The van der Waals surface area contributed by atoms with Crippen LogP contribution in [0, 0.1) is 11.3 Å². The van der Waals surface area contributed by atoms with Gasteiger partial charge in [0.15, 0.2) is 0 Å². The highest BCUT2D eigenvalue weighted by Crippen LogP contribution is 2.36. The number of aliphatic carboxylic acids is 1. The molecule has 0 bridgehead atoms. The minimum Gasteiger partial charge on any atom is -0.478 e. The van der Waals surface area contributed by atoms with E-state index in [0.29, 0.717) is 0 Å². The summed E-state index contributed by atoms with van der Waals surface area (Å²) in [6.45, 7) is 0. The molecule has 0 unspecified atom stereocenters. The Morgan fingerprint density at radius 1 is 1.05 bits per heavy atom. The average molecular weight is 277 g/mol. The minimum atomic E-state index is -1.02. The van der Waals surface area contributed by atoms with Gasteiger partial charge in [0.25, 0.3) is 0 Å². The maximum absolute atomic E-state index is 10.9. The van der Waals surface area contributed by atoms with Crippen LogP contribution in [0.5, 0.6) is 0 Å².